The molecule has 0 aliphatic carbocycles. The topological polar surface area (TPSA) is 48.4 Å². The van der Waals surface area contributed by atoms with Gasteiger partial charge in [-0.1, -0.05) is 0 Å². The molecule has 1 aromatic rings. The molecule has 0 aliphatic rings. The second kappa shape index (κ2) is 6.83. The third kappa shape index (κ3) is 3.90. The Labute approximate surface area is 126 Å². The van der Waals surface area contributed by atoms with Crippen LogP contribution in [0.15, 0.2) is 12.3 Å². The smallest absolute Gasteiger partial charge is 0.144 e. The molecule has 0 aromatic carbocycles. The number of aromatic nitrogens is 1. The van der Waals surface area contributed by atoms with Crippen molar-refractivity contribution >= 4 is 24.7 Å². The summed E-state index contributed by atoms with van der Waals surface area (Å²) in [5, 5.41) is 0. The van der Waals surface area contributed by atoms with Crippen LogP contribution in [0.25, 0.3) is 0 Å². The molecule has 1 aromatic heterocycles. The molecule has 1 heterocycles. The average molecular weight is 296 g/mol. The van der Waals surface area contributed by atoms with Crippen LogP contribution in [0.4, 0.5) is 0 Å². The van der Waals surface area contributed by atoms with Gasteiger partial charge in [-0.15, -0.1) is 4.31 Å². The van der Waals surface area contributed by atoms with Gasteiger partial charge in [0.05, 0.1) is 25.0 Å². The van der Waals surface area contributed by atoms with Crippen molar-refractivity contribution in [1.82, 2.24) is 9.29 Å². The fourth-order valence-electron chi connectivity index (χ4n) is 2.04. The molecule has 4 nitrogen and oxygen atoms in total. The minimum atomic E-state index is -1.06. The largest absolute Gasteiger partial charge is 0.597 e. The van der Waals surface area contributed by atoms with Crippen molar-refractivity contribution in [2.24, 2.45) is 0 Å². The van der Waals surface area contributed by atoms with Crippen LogP contribution in [0.3, 0.4) is 0 Å². The fraction of sp³-hybridized carbons (Fsp3) is 0.643. The lowest BCUT2D eigenvalue weighted by atomic mass is 9.94. The summed E-state index contributed by atoms with van der Waals surface area (Å²) in [5.41, 5.74) is 1.96. The lowest BCUT2D eigenvalue weighted by Gasteiger charge is -2.35. The summed E-state index contributed by atoms with van der Waals surface area (Å²) >= 11 is -1.06. The van der Waals surface area contributed by atoms with Gasteiger partial charge in [0.25, 0.3) is 0 Å². The second-order valence-electron chi connectivity index (χ2n) is 5.85. The molecule has 0 bridgehead atoms. The van der Waals surface area contributed by atoms with E-state index in [0.29, 0.717) is 0 Å². The number of rotatable bonds is 5. The van der Waals surface area contributed by atoms with Gasteiger partial charge in [0, 0.05) is 17.9 Å². The standard InChI is InChI=1S/C14H25BN2O2S/c1-7-17(20(18)14(3,4)5)10(2)12-8-11(15)13(19-6)9-16-12/h8-10H,7,15H2,1-6H3/t10?,20-/m1/s1. The van der Waals surface area contributed by atoms with Crippen molar-refractivity contribution in [1.29, 1.82) is 0 Å². The lowest BCUT2D eigenvalue weighted by Crippen LogP contribution is -2.44. The highest BCUT2D eigenvalue weighted by molar-refractivity contribution is 7.90. The van der Waals surface area contributed by atoms with E-state index >= 15 is 0 Å². The van der Waals surface area contributed by atoms with Crippen LogP contribution in [0, 0.1) is 0 Å². The van der Waals surface area contributed by atoms with Crippen LogP contribution in [0.2, 0.25) is 0 Å². The van der Waals surface area contributed by atoms with Gasteiger partial charge in [0.1, 0.15) is 18.3 Å². The van der Waals surface area contributed by atoms with Crippen LogP contribution in [0.1, 0.15) is 46.4 Å². The number of methoxy groups -OCH3 is 1. The van der Waals surface area contributed by atoms with E-state index in [9.17, 15) is 4.55 Å². The number of pyridine rings is 1. The van der Waals surface area contributed by atoms with Crippen LogP contribution in [-0.2, 0) is 11.4 Å². The Morgan fingerprint density at radius 3 is 2.50 bits per heavy atom. The van der Waals surface area contributed by atoms with E-state index in [1.165, 1.54) is 0 Å². The van der Waals surface area contributed by atoms with E-state index in [1.54, 1.807) is 13.3 Å². The van der Waals surface area contributed by atoms with Crippen molar-refractivity contribution in [2.75, 3.05) is 13.7 Å². The number of ether oxygens (including phenoxy) is 1. The minimum Gasteiger partial charge on any atom is -0.597 e. The molecule has 0 spiro atoms. The Morgan fingerprint density at radius 2 is 2.10 bits per heavy atom. The minimum absolute atomic E-state index is 0.00432. The molecule has 0 radical (unpaired) electrons. The maximum atomic E-state index is 12.6. The van der Waals surface area contributed by atoms with E-state index in [4.69, 9.17) is 4.74 Å². The third-order valence-electron chi connectivity index (χ3n) is 3.21. The predicted octanol–water partition coefficient (Wildman–Crippen LogP) is 1.19. The lowest BCUT2D eigenvalue weighted by molar-refractivity contribution is 0.339. The van der Waals surface area contributed by atoms with Gasteiger partial charge >= 0.3 is 0 Å². The third-order valence-corrected chi connectivity index (χ3v) is 5.26. The van der Waals surface area contributed by atoms with E-state index in [1.807, 2.05) is 52.8 Å². The molecule has 20 heavy (non-hydrogen) atoms. The Hall–Kier alpha value is -0.715. The second-order valence-corrected chi connectivity index (χ2v) is 8.04. The maximum Gasteiger partial charge on any atom is 0.144 e. The molecule has 0 N–H and O–H groups in total. The van der Waals surface area contributed by atoms with Gasteiger partial charge in [-0.25, -0.2) is 0 Å². The summed E-state index contributed by atoms with van der Waals surface area (Å²) in [4.78, 5) is 4.44. The zero-order valence-electron chi connectivity index (χ0n) is 13.6. The van der Waals surface area contributed by atoms with Gasteiger partial charge in [0.15, 0.2) is 0 Å². The predicted molar refractivity (Wildman–Crippen MR) is 87.7 cm³/mol. The average Bonchev–Trinajstić information content (AvgIpc) is 2.38. The summed E-state index contributed by atoms with van der Waals surface area (Å²) in [5.74, 6) is 0.779. The Balaban J connectivity index is 3.02. The molecule has 0 aliphatic heterocycles. The van der Waals surface area contributed by atoms with Crippen molar-refractivity contribution in [2.45, 2.75) is 45.4 Å². The molecular weight excluding hydrogens is 271 g/mol. The van der Waals surface area contributed by atoms with Gasteiger partial charge in [0.2, 0.25) is 0 Å². The van der Waals surface area contributed by atoms with Crippen molar-refractivity contribution in [3.63, 3.8) is 0 Å². The molecular formula is C14H25BN2O2S. The van der Waals surface area contributed by atoms with Crippen LogP contribution in [-0.4, -0.2) is 40.1 Å². The van der Waals surface area contributed by atoms with Gasteiger partial charge in [-0.05, 0) is 46.1 Å². The zero-order valence-corrected chi connectivity index (χ0v) is 14.4. The molecule has 0 saturated carbocycles. The van der Waals surface area contributed by atoms with Gasteiger partial charge in [-0.2, -0.15) is 0 Å². The quantitative estimate of drug-likeness (QED) is 0.605. The van der Waals surface area contributed by atoms with Crippen LogP contribution >= 0.6 is 0 Å². The van der Waals surface area contributed by atoms with Crippen molar-refractivity contribution in [3.8, 4) is 5.75 Å². The van der Waals surface area contributed by atoms with Gasteiger partial charge in [-0.3, -0.25) is 4.98 Å². The number of nitrogens with zero attached hydrogens (tertiary/aromatic N) is 2. The summed E-state index contributed by atoms with van der Waals surface area (Å²) in [7, 11) is 3.63. The van der Waals surface area contributed by atoms with E-state index in [2.05, 4.69) is 4.98 Å². The summed E-state index contributed by atoms with van der Waals surface area (Å²) in [6.07, 6.45) is 1.73. The first-order valence-corrected chi connectivity index (χ1v) is 8.02. The Morgan fingerprint density at radius 1 is 1.50 bits per heavy atom. The van der Waals surface area contributed by atoms with Crippen molar-refractivity contribution < 1.29 is 9.29 Å². The summed E-state index contributed by atoms with van der Waals surface area (Å²) in [6, 6.07) is 2.01. The first-order valence-electron chi connectivity index (χ1n) is 6.91. The van der Waals surface area contributed by atoms with Gasteiger partial charge < -0.3 is 9.29 Å². The molecule has 6 heteroatoms. The fourth-order valence-corrected chi connectivity index (χ4v) is 3.37. The number of hydrogen-bond donors (Lipinski definition) is 0. The normalized spacial score (nSPS) is 15.2. The summed E-state index contributed by atoms with van der Waals surface area (Å²) in [6.45, 7) is 10.8. The van der Waals surface area contributed by atoms with E-state index < -0.39 is 11.4 Å². The molecule has 1 rings (SSSR count). The number of hydrogen-bond acceptors (Lipinski definition) is 4. The first-order chi connectivity index (χ1) is 9.22. The Kier molecular flexibility index (Phi) is 5.92. The monoisotopic (exact) mass is 296 g/mol. The molecule has 112 valence electrons. The van der Waals surface area contributed by atoms with Crippen LogP contribution < -0.4 is 10.2 Å². The molecule has 2 atom stereocenters. The van der Waals surface area contributed by atoms with E-state index in [-0.39, 0.29) is 10.8 Å². The Bertz CT molecular complexity index is 451. The zero-order chi connectivity index (χ0) is 15.5. The molecule has 0 fully saturated rings. The SMILES string of the molecule is Bc1cc(C(C)N(CC)[S@+]([O-])C(C)(C)C)ncc1OC. The molecule has 1 unspecified atom stereocenters. The van der Waals surface area contributed by atoms with Crippen molar-refractivity contribution in [3.05, 3.63) is 18.0 Å². The highest BCUT2D eigenvalue weighted by Gasteiger charge is 2.36. The first kappa shape index (κ1) is 17.3. The highest BCUT2D eigenvalue weighted by atomic mass is 32.2. The summed E-state index contributed by atoms with van der Waals surface area (Å²) < 4.78 is 19.5. The van der Waals surface area contributed by atoms with Crippen LogP contribution in [0.5, 0.6) is 5.75 Å². The van der Waals surface area contributed by atoms with E-state index in [0.717, 1.165) is 23.5 Å². The molecule has 0 saturated heterocycles. The highest BCUT2D eigenvalue weighted by Crippen LogP contribution is 2.28. The maximum absolute atomic E-state index is 12.6. The molecule has 0 amide bonds.